The molecule has 0 radical (unpaired) electrons. The Labute approximate surface area is 85.1 Å². The second-order valence-corrected chi connectivity index (χ2v) is 4.45. The molecule has 0 amide bonds. The predicted molar refractivity (Wildman–Crippen MR) is 62.0 cm³/mol. The van der Waals surface area contributed by atoms with Gasteiger partial charge in [-0.1, -0.05) is 66.7 Å². The Morgan fingerprint density at radius 2 is 1.15 bits per heavy atom. The normalized spacial score (nSPS) is 12.5. The van der Waals surface area contributed by atoms with Crippen molar-refractivity contribution in [3.05, 3.63) is 0 Å². The van der Waals surface area contributed by atoms with Crippen LogP contribution in [-0.4, -0.2) is 0 Å². The Morgan fingerprint density at radius 3 is 1.38 bits per heavy atom. The van der Waals surface area contributed by atoms with Crippen LogP contribution >= 0.6 is 0 Å². The van der Waals surface area contributed by atoms with Crippen molar-refractivity contribution in [3.63, 3.8) is 0 Å². The molecule has 0 aliphatic carbocycles. The van der Waals surface area contributed by atoms with Gasteiger partial charge >= 0.3 is 0 Å². The molecule has 80 valence electrons. The van der Waals surface area contributed by atoms with E-state index in [1.807, 2.05) is 0 Å². The van der Waals surface area contributed by atoms with E-state index < -0.39 is 0 Å². The van der Waals surface area contributed by atoms with Crippen molar-refractivity contribution >= 4 is 0 Å². The van der Waals surface area contributed by atoms with Crippen LogP contribution in [0, 0.1) is 11.3 Å². The zero-order chi connectivity index (χ0) is 10.3. The van der Waals surface area contributed by atoms with Gasteiger partial charge in [0.25, 0.3) is 0 Å². The third-order valence-corrected chi connectivity index (χ3v) is 4.13. The molecule has 0 nitrogen and oxygen atoms in total. The molecule has 0 heterocycles. The van der Waals surface area contributed by atoms with Gasteiger partial charge in [0, 0.05) is 0 Å². The first-order valence-corrected chi connectivity index (χ1v) is 6.17. The van der Waals surface area contributed by atoms with E-state index in [0.29, 0.717) is 5.41 Å². The van der Waals surface area contributed by atoms with E-state index in [-0.39, 0.29) is 0 Å². The molecule has 0 unspecified atom stereocenters. The Kier molecular flexibility index (Phi) is 6.45. The molecule has 0 atom stereocenters. The smallest absolute Gasteiger partial charge is 0.0303 e. The van der Waals surface area contributed by atoms with Crippen LogP contribution in [0.2, 0.25) is 0 Å². The molecule has 0 spiro atoms. The second kappa shape index (κ2) is 6.45. The van der Waals surface area contributed by atoms with Crippen LogP contribution in [0.15, 0.2) is 0 Å². The van der Waals surface area contributed by atoms with Gasteiger partial charge in [0.15, 0.2) is 0 Å². The maximum absolute atomic E-state index is 2.36. The fourth-order valence-electron chi connectivity index (χ4n) is 2.37. The molecular weight excluding hydrogens is 156 g/mol. The van der Waals surface area contributed by atoms with Gasteiger partial charge in [-0.2, -0.15) is 0 Å². The summed E-state index contributed by atoms with van der Waals surface area (Å²) in [6, 6.07) is 0. The molecule has 0 aromatic heterocycles. The molecule has 0 bridgehead atoms. The van der Waals surface area contributed by atoms with Crippen molar-refractivity contribution < 1.29 is 0 Å². The second-order valence-electron chi connectivity index (χ2n) is 4.45. The zero-order valence-electron chi connectivity index (χ0n) is 10.3. The molecule has 0 saturated heterocycles. The van der Waals surface area contributed by atoms with Crippen LogP contribution in [0.25, 0.3) is 0 Å². The first-order chi connectivity index (χ1) is 6.17. The van der Waals surface area contributed by atoms with Gasteiger partial charge in [-0.25, -0.2) is 0 Å². The highest BCUT2D eigenvalue weighted by Gasteiger charge is 2.26. The lowest BCUT2D eigenvalue weighted by molar-refractivity contribution is 0.180. The first kappa shape index (κ1) is 13.0. The molecule has 13 heavy (non-hydrogen) atoms. The Balaban J connectivity index is 4.21. The van der Waals surface area contributed by atoms with Crippen LogP contribution in [0.5, 0.6) is 0 Å². The molecule has 0 aliphatic heterocycles. The maximum atomic E-state index is 2.36. The van der Waals surface area contributed by atoms with Crippen molar-refractivity contribution in [2.24, 2.45) is 11.3 Å². The van der Waals surface area contributed by atoms with Gasteiger partial charge in [0.1, 0.15) is 0 Å². The summed E-state index contributed by atoms with van der Waals surface area (Å²) in [6.45, 7) is 11.7. The zero-order valence-corrected chi connectivity index (χ0v) is 10.3. The van der Waals surface area contributed by atoms with Crippen LogP contribution in [0.4, 0.5) is 0 Å². The lowest BCUT2D eigenvalue weighted by Gasteiger charge is -2.34. The number of hydrogen-bond donors (Lipinski definition) is 0. The third kappa shape index (κ3) is 3.70. The monoisotopic (exact) mass is 184 g/mol. The van der Waals surface area contributed by atoms with Crippen molar-refractivity contribution in [1.29, 1.82) is 0 Å². The van der Waals surface area contributed by atoms with Gasteiger partial charge in [-0.05, 0) is 17.8 Å². The third-order valence-electron chi connectivity index (χ3n) is 4.13. The van der Waals surface area contributed by atoms with E-state index >= 15 is 0 Å². The highest BCUT2D eigenvalue weighted by molar-refractivity contribution is 4.77. The minimum Gasteiger partial charge on any atom is -0.0651 e. The van der Waals surface area contributed by atoms with Crippen molar-refractivity contribution in [2.75, 3.05) is 0 Å². The molecule has 0 saturated carbocycles. The Bertz CT molecular complexity index is 98.9. The molecule has 0 fully saturated rings. The SMILES string of the molecule is CCC(CC)CC(CC)(CC)CC. The van der Waals surface area contributed by atoms with E-state index in [1.54, 1.807) is 0 Å². The lowest BCUT2D eigenvalue weighted by Crippen LogP contribution is -2.21. The molecule has 0 heteroatoms. The Hall–Kier alpha value is 0. The maximum Gasteiger partial charge on any atom is -0.0303 e. The van der Waals surface area contributed by atoms with Gasteiger partial charge in [0.2, 0.25) is 0 Å². The molecule has 0 aromatic rings. The highest BCUT2D eigenvalue weighted by Crippen LogP contribution is 2.38. The fourth-order valence-corrected chi connectivity index (χ4v) is 2.37. The van der Waals surface area contributed by atoms with Gasteiger partial charge in [-0.3, -0.25) is 0 Å². The van der Waals surface area contributed by atoms with Crippen molar-refractivity contribution in [2.45, 2.75) is 73.1 Å². The highest BCUT2D eigenvalue weighted by atomic mass is 14.3. The van der Waals surface area contributed by atoms with Crippen LogP contribution in [-0.2, 0) is 0 Å². The Morgan fingerprint density at radius 1 is 0.769 bits per heavy atom. The molecule has 0 N–H and O–H groups in total. The summed E-state index contributed by atoms with van der Waals surface area (Å²) in [5.74, 6) is 0.958. The minimum atomic E-state index is 0.649. The van der Waals surface area contributed by atoms with E-state index in [1.165, 1.54) is 38.5 Å². The van der Waals surface area contributed by atoms with Crippen molar-refractivity contribution in [3.8, 4) is 0 Å². The van der Waals surface area contributed by atoms with Gasteiger partial charge in [-0.15, -0.1) is 0 Å². The molecule has 0 rings (SSSR count). The van der Waals surface area contributed by atoms with Crippen LogP contribution in [0.1, 0.15) is 73.1 Å². The molecular formula is C13H28. The molecule has 0 aromatic carbocycles. The van der Waals surface area contributed by atoms with E-state index in [9.17, 15) is 0 Å². The lowest BCUT2D eigenvalue weighted by atomic mass is 9.72. The topological polar surface area (TPSA) is 0 Å². The van der Waals surface area contributed by atoms with Gasteiger partial charge in [0.05, 0.1) is 0 Å². The standard InChI is InChI=1S/C13H28/c1-6-12(7-2)11-13(8-3,9-4)10-5/h12H,6-11H2,1-5H3. The quantitative estimate of drug-likeness (QED) is 0.520. The molecule has 0 aliphatic rings. The predicted octanol–water partition coefficient (Wildman–Crippen LogP) is 5.03. The van der Waals surface area contributed by atoms with E-state index in [2.05, 4.69) is 34.6 Å². The first-order valence-electron chi connectivity index (χ1n) is 6.17. The summed E-state index contributed by atoms with van der Waals surface area (Å²) >= 11 is 0. The fraction of sp³-hybridized carbons (Fsp3) is 1.00. The summed E-state index contributed by atoms with van der Waals surface area (Å²) in [7, 11) is 0. The summed E-state index contributed by atoms with van der Waals surface area (Å²) < 4.78 is 0. The summed E-state index contributed by atoms with van der Waals surface area (Å²) in [4.78, 5) is 0. The van der Waals surface area contributed by atoms with Crippen molar-refractivity contribution in [1.82, 2.24) is 0 Å². The summed E-state index contributed by atoms with van der Waals surface area (Å²) in [5, 5.41) is 0. The van der Waals surface area contributed by atoms with E-state index in [0.717, 1.165) is 5.92 Å². The van der Waals surface area contributed by atoms with Crippen LogP contribution in [0.3, 0.4) is 0 Å². The average molecular weight is 184 g/mol. The van der Waals surface area contributed by atoms with E-state index in [4.69, 9.17) is 0 Å². The largest absolute Gasteiger partial charge is 0.0651 e. The summed E-state index contributed by atoms with van der Waals surface area (Å²) in [6.07, 6.45) is 8.24. The van der Waals surface area contributed by atoms with Crippen LogP contribution < -0.4 is 0 Å². The average Bonchev–Trinajstić information content (AvgIpc) is 2.21. The van der Waals surface area contributed by atoms with Gasteiger partial charge < -0.3 is 0 Å². The summed E-state index contributed by atoms with van der Waals surface area (Å²) in [5.41, 5.74) is 0.649. The number of rotatable bonds is 7. The number of hydrogen-bond acceptors (Lipinski definition) is 0. The minimum absolute atomic E-state index is 0.649.